The van der Waals surface area contributed by atoms with Crippen LogP contribution >= 0.6 is 0 Å². The van der Waals surface area contributed by atoms with E-state index in [0.717, 1.165) is 43.9 Å². The molecule has 0 aliphatic carbocycles. The van der Waals surface area contributed by atoms with Crippen LogP contribution < -0.4 is 15.8 Å². The van der Waals surface area contributed by atoms with E-state index < -0.39 is 0 Å². The van der Waals surface area contributed by atoms with Gasteiger partial charge in [-0.1, -0.05) is 30.3 Å². The number of anilines is 1. The van der Waals surface area contributed by atoms with Gasteiger partial charge in [-0.25, -0.2) is 0 Å². The van der Waals surface area contributed by atoms with Gasteiger partial charge in [0.2, 0.25) is 0 Å². The van der Waals surface area contributed by atoms with Crippen molar-refractivity contribution in [1.82, 2.24) is 0 Å². The number of methoxy groups -OCH3 is 1. The van der Waals surface area contributed by atoms with E-state index in [1.807, 2.05) is 30.3 Å². The number of nitrogens with one attached hydrogen (secondary N) is 1. The summed E-state index contributed by atoms with van der Waals surface area (Å²) in [6, 6.07) is 17.9. The molecule has 5 heteroatoms. The molecular weight excluding hydrogens is 314 g/mol. The first kappa shape index (κ1) is 18.8. The van der Waals surface area contributed by atoms with Gasteiger partial charge in [0.1, 0.15) is 5.75 Å². The normalized spacial score (nSPS) is 11.3. The van der Waals surface area contributed by atoms with E-state index in [2.05, 4.69) is 34.6 Å². The second-order valence-electron chi connectivity index (χ2n) is 5.68. The number of ether oxygens (including phenoxy) is 2. The SMILES string of the molecule is COc1ccc(NC(N)=NCCCCOCCc2ccccc2)cc1. The molecule has 0 aliphatic rings. The van der Waals surface area contributed by atoms with E-state index in [0.29, 0.717) is 12.5 Å². The minimum Gasteiger partial charge on any atom is -0.497 e. The topological polar surface area (TPSA) is 68.9 Å². The van der Waals surface area contributed by atoms with Crippen LogP contribution in [0.25, 0.3) is 0 Å². The maximum atomic E-state index is 5.88. The summed E-state index contributed by atoms with van der Waals surface area (Å²) in [4.78, 5) is 4.32. The molecule has 0 heterocycles. The van der Waals surface area contributed by atoms with Crippen molar-refractivity contribution in [1.29, 1.82) is 0 Å². The number of hydrogen-bond acceptors (Lipinski definition) is 3. The van der Waals surface area contributed by atoms with Crippen molar-refractivity contribution in [2.75, 3.05) is 32.2 Å². The Morgan fingerprint density at radius 3 is 2.48 bits per heavy atom. The third-order valence-corrected chi connectivity index (χ3v) is 3.72. The standard InChI is InChI=1S/C20H27N3O2/c1-24-19-11-9-18(10-12-19)23-20(21)22-14-5-6-15-25-16-13-17-7-3-2-4-8-17/h2-4,7-12H,5-6,13-16H2,1H3,(H3,21,22,23). The molecule has 0 aliphatic heterocycles. The summed E-state index contributed by atoms with van der Waals surface area (Å²) in [5.74, 6) is 1.24. The highest BCUT2D eigenvalue weighted by atomic mass is 16.5. The number of hydrogen-bond donors (Lipinski definition) is 2. The van der Waals surface area contributed by atoms with Gasteiger partial charge in [-0.3, -0.25) is 4.99 Å². The molecule has 0 amide bonds. The lowest BCUT2D eigenvalue weighted by Crippen LogP contribution is -2.22. The minimum absolute atomic E-state index is 0.426. The van der Waals surface area contributed by atoms with Gasteiger partial charge in [-0.15, -0.1) is 0 Å². The first-order chi connectivity index (χ1) is 12.3. The van der Waals surface area contributed by atoms with Crippen molar-refractivity contribution in [2.45, 2.75) is 19.3 Å². The summed E-state index contributed by atoms with van der Waals surface area (Å²) in [6.45, 7) is 2.21. The Kier molecular flexibility index (Phi) is 8.35. The maximum Gasteiger partial charge on any atom is 0.193 e. The average Bonchev–Trinajstić information content (AvgIpc) is 2.65. The Labute approximate surface area is 149 Å². The molecule has 2 aromatic carbocycles. The Balaban J connectivity index is 1.53. The number of unbranched alkanes of at least 4 members (excludes halogenated alkanes) is 1. The molecule has 0 bridgehead atoms. The monoisotopic (exact) mass is 341 g/mol. The van der Waals surface area contributed by atoms with Crippen LogP contribution in [0.3, 0.4) is 0 Å². The van der Waals surface area contributed by atoms with Gasteiger partial charge in [0.25, 0.3) is 0 Å². The highest BCUT2D eigenvalue weighted by Crippen LogP contribution is 2.14. The largest absolute Gasteiger partial charge is 0.497 e. The van der Waals surface area contributed by atoms with Crippen molar-refractivity contribution in [3.8, 4) is 5.75 Å². The lowest BCUT2D eigenvalue weighted by molar-refractivity contribution is 0.134. The molecule has 2 rings (SSSR count). The van der Waals surface area contributed by atoms with Gasteiger partial charge >= 0.3 is 0 Å². The first-order valence-electron chi connectivity index (χ1n) is 8.60. The molecule has 25 heavy (non-hydrogen) atoms. The van der Waals surface area contributed by atoms with Crippen LogP contribution in [-0.2, 0) is 11.2 Å². The molecule has 3 N–H and O–H groups in total. The Bertz CT molecular complexity index is 627. The van der Waals surface area contributed by atoms with Crippen LogP contribution in [0.2, 0.25) is 0 Å². The zero-order valence-electron chi connectivity index (χ0n) is 14.8. The molecule has 0 saturated carbocycles. The van der Waals surface area contributed by atoms with E-state index in [1.54, 1.807) is 7.11 Å². The summed E-state index contributed by atoms with van der Waals surface area (Å²) in [6.07, 6.45) is 2.89. The van der Waals surface area contributed by atoms with Crippen molar-refractivity contribution >= 4 is 11.6 Å². The van der Waals surface area contributed by atoms with Crippen LogP contribution in [0.1, 0.15) is 18.4 Å². The van der Waals surface area contributed by atoms with Crippen LogP contribution in [-0.4, -0.2) is 32.8 Å². The summed E-state index contributed by atoms with van der Waals surface area (Å²) in [7, 11) is 1.64. The van der Waals surface area contributed by atoms with Crippen LogP contribution in [0.4, 0.5) is 5.69 Å². The van der Waals surface area contributed by atoms with Crippen LogP contribution in [0.5, 0.6) is 5.75 Å². The average molecular weight is 341 g/mol. The fourth-order valence-electron chi connectivity index (χ4n) is 2.31. The van der Waals surface area contributed by atoms with Crippen LogP contribution in [0.15, 0.2) is 59.6 Å². The zero-order chi connectivity index (χ0) is 17.7. The summed E-state index contributed by atoms with van der Waals surface area (Å²) in [5, 5.41) is 3.06. The lowest BCUT2D eigenvalue weighted by Gasteiger charge is -2.07. The summed E-state index contributed by atoms with van der Waals surface area (Å²) in [5.41, 5.74) is 8.08. The highest BCUT2D eigenvalue weighted by molar-refractivity contribution is 5.92. The fraction of sp³-hybridized carbons (Fsp3) is 0.350. The predicted octanol–water partition coefficient (Wildman–Crippen LogP) is 3.46. The molecule has 0 atom stereocenters. The smallest absolute Gasteiger partial charge is 0.193 e. The van der Waals surface area contributed by atoms with Crippen molar-refractivity contribution < 1.29 is 9.47 Å². The summed E-state index contributed by atoms with van der Waals surface area (Å²) < 4.78 is 10.8. The summed E-state index contributed by atoms with van der Waals surface area (Å²) >= 11 is 0. The molecule has 0 spiro atoms. The van der Waals surface area contributed by atoms with E-state index in [4.69, 9.17) is 15.2 Å². The Morgan fingerprint density at radius 1 is 1.00 bits per heavy atom. The van der Waals surface area contributed by atoms with Gasteiger partial charge in [0.05, 0.1) is 13.7 Å². The molecule has 2 aromatic rings. The van der Waals surface area contributed by atoms with E-state index >= 15 is 0 Å². The van der Waals surface area contributed by atoms with Gasteiger partial charge in [-0.2, -0.15) is 0 Å². The van der Waals surface area contributed by atoms with Gasteiger partial charge in [0, 0.05) is 18.8 Å². The first-order valence-corrected chi connectivity index (χ1v) is 8.60. The van der Waals surface area contributed by atoms with Crippen molar-refractivity contribution in [2.24, 2.45) is 10.7 Å². The number of benzene rings is 2. The molecule has 0 aromatic heterocycles. The highest BCUT2D eigenvalue weighted by Gasteiger charge is 1.97. The molecule has 134 valence electrons. The number of rotatable bonds is 10. The molecule has 0 fully saturated rings. The molecular formula is C20H27N3O2. The van der Waals surface area contributed by atoms with Gasteiger partial charge in [-0.05, 0) is 49.1 Å². The van der Waals surface area contributed by atoms with E-state index in [1.165, 1.54) is 5.56 Å². The third-order valence-electron chi connectivity index (χ3n) is 3.72. The molecule has 0 saturated heterocycles. The second kappa shape index (κ2) is 11.1. The van der Waals surface area contributed by atoms with Gasteiger partial charge < -0.3 is 20.5 Å². The number of nitrogens with zero attached hydrogens (tertiary/aromatic N) is 1. The second-order valence-corrected chi connectivity index (χ2v) is 5.68. The predicted molar refractivity (Wildman–Crippen MR) is 103 cm³/mol. The van der Waals surface area contributed by atoms with E-state index in [-0.39, 0.29) is 0 Å². The quantitative estimate of drug-likeness (QED) is 0.394. The zero-order valence-corrected chi connectivity index (χ0v) is 14.8. The fourth-order valence-corrected chi connectivity index (χ4v) is 2.31. The lowest BCUT2D eigenvalue weighted by atomic mass is 10.2. The Hall–Kier alpha value is -2.53. The van der Waals surface area contributed by atoms with Gasteiger partial charge in [0.15, 0.2) is 5.96 Å². The van der Waals surface area contributed by atoms with Crippen molar-refractivity contribution in [3.05, 3.63) is 60.2 Å². The number of guanidine groups is 1. The number of aliphatic imine (C=N–C) groups is 1. The maximum absolute atomic E-state index is 5.88. The Morgan fingerprint density at radius 2 is 1.76 bits per heavy atom. The van der Waals surface area contributed by atoms with Crippen molar-refractivity contribution in [3.63, 3.8) is 0 Å². The number of nitrogens with two attached hydrogens (primary N) is 1. The third kappa shape index (κ3) is 7.72. The van der Waals surface area contributed by atoms with Crippen LogP contribution in [0, 0.1) is 0 Å². The molecule has 0 radical (unpaired) electrons. The minimum atomic E-state index is 0.426. The van der Waals surface area contributed by atoms with E-state index in [9.17, 15) is 0 Å². The molecule has 0 unspecified atom stereocenters. The molecule has 5 nitrogen and oxygen atoms in total.